The highest BCUT2D eigenvalue weighted by Crippen LogP contribution is 2.26. The minimum atomic E-state index is 0.495. The van der Waals surface area contributed by atoms with E-state index in [1.165, 1.54) is 11.8 Å². The van der Waals surface area contributed by atoms with Gasteiger partial charge in [0.05, 0.1) is 5.52 Å². The Morgan fingerprint density at radius 2 is 2.06 bits per heavy atom. The number of hydrogen-bond acceptors (Lipinski definition) is 6. The minimum absolute atomic E-state index is 0.495. The first-order valence-corrected chi connectivity index (χ1v) is 6.16. The second kappa shape index (κ2) is 4.30. The first kappa shape index (κ1) is 11.0. The molecule has 0 fully saturated rings. The van der Waals surface area contributed by atoms with Crippen molar-refractivity contribution in [1.29, 1.82) is 0 Å². The van der Waals surface area contributed by atoms with E-state index in [0.29, 0.717) is 11.1 Å². The highest BCUT2D eigenvalue weighted by molar-refractivity contribution is 7.99. The van der Waals surface area contributed by atoms with E-state index in [4.69, 9.17) is 10.2 Å². The van der Waals surface area contributed by atoms with Gasteiger partial charge in [0.15, 0.2) is 0 Å². The van der Waals surface area contributed by atoms with Crippen LogP contribution in [0.15, 0.2) is 45.0 Å². The van der Waals surface area contributed by atoms with Crippen molar-refractivity contribution in [3.05, 3.63) is 36.2 Å². The van der Waals surface area contributed by atoms with Gasteiger partial charge in [-0.15, -0.1) is 10.2 Å². The van der Waals surface area contributed by atoms with Crippen LogP contribution in [0.25, 0.3) is 10.9 Å². The fourth-order valence-corrected chi connectivity index (χ4v) is 2.29. The summed E-state index contributed by atoms with van der Waals surface area (Å²) in [6.45, 7) is 1.76. The molecule has 2 aromatic heterocycles. The van der Waals surface area contributed by atoms with Crippen LogP contribution < -0.4 is 5.73 Å². The Balaban J connectivity index is 1.96. The van der Waals surface area contributed by atoms with Gasteiger partial charge in [0.1, 0.15) is 5.03 Å². The number of nitrogens with zero attached hydrogens (tertiary/aromatic N) is 3. The zero-order valence-corrected chi connectivity index (χ0v) is 10.4. The average Bonchev–Trinajstić information content (AvgIpc) is 2.75. The predicted octanol–water partition coefficient (Wildman–Crippen LogP) is 2.66. The molecule has 0 atom stereocenters. The van der Waals surface area contributed by atoms with Gasteiger partial charge in [-0.2, -0.15) is 0 Å². The minimum Gasteiger partial charge on any atom is -0.416 e. The van der Waals surface area contributed by atoms with Gasteiger partial charge in [0.2, 0.25) is 5.89 Å². The molecule has 0 unspecified atom stereocenters. The second-order valence-corrected chi connectivity index (χ2v) is 4.76. The van der Waals surface area contributed by atoms with Crippen LogP contribution in [0.1, 0.15) is 5.89 Å². The second-order valence-electron chi connectivity index (χ2n) is 3.79. The molecule has 0 spiro atoms. The van der Waals surface area contributed by atoms with E-state index < -0.39 is 0 Å². The number of pyridine rings is 1. The molecule has 3 aromatic rings. The summed E-state index contributed by atoms with van der Waals surface area (Å²) < 4.78 is 5.30. The maximum absolute atomic E-state index is 5.72. The summed E-state index contributed by atoms with van der Waals surface area (Å²) in [7, 11) is 0. The van der Waals surface area contributed by atoms with E-state index in [-0.39, 0.29) is 0 Å². The van der Waals surface area contributed by atoms with Gasteiger partial charge < -0.3 is 10.2 Å². The molecular formula is C12H10N4OS. The Morgan fingerprint density at radius 3 is 2.83 bits per heavy atom. The number of hydrogen-bond donors (Lipinski definition) is 1. The van der Waals surface area contributed by atoms with Gasteiger partial charge in [0.25, 0.3) is 5.22 Å². The van der Waals surface area contributed by atoms with Gasteiger partial charge in [-0.25, -0.2) is 4.98 Å². The fraction of sp³-hybridized carbons (Fsp3) is 0.0833. The Kier molecular flexibility index (Phi) is 2.64. The van der Waals surface area contributed by atoms with E-state index >= 15 is 0 Å². The van der Waals surface area contributed by atoms with Gasteiger partial charge in [-0.05, 0) is 36.0 Å². The number of aryl methyl sites for hydroxylation is 1. The van der Waals surface area contributed by atoms with Crippen LogP contribution in [0.4, 0.5) is 5.69 Å². The van der Waals surface area contributed by atoms with Gasteiger partial charge >= 0.3 is 0 Å². The lowest BCUT2D eigenvalue weighted by atomic mass is 10.2. The average molecular weight is 258 g/mol. The van der Waals surface area contributed by atoms with Crippen molar-refractivity contribution in [3.63, 3.8) is 0 Å². The van der Waals surface area contributed by atoms with Crippen LogP contribution in [-0.2, 0) is 0 Å². The van der Waals surface area contributed by atoms with Crippen molar-refractivity contribution in [2.24, 2.45) is 0 Å². The van der Waals surface area contributed by atoms with Crippen molar-refractivity contribution in [3.8, 4) is 0 Å². The summed E-state index contributed by atoms with van der Waals surface area (Å²) in [6.07, 6.45) is 0. The SMILES string of the molecule is Cc1nnc(Sc2ccc3cc(N)ccc3n2)o1. The molecule has 2 heterocycles. The molecule has 0 saturated carbocycles. The number of nitrogen functional groups attached to an aromatic ring is 1. The summed E-state index contributed by atoms with van der Waals surface area (Å²) in [5.41, 5.74) is 7.35. The Morgan fingerprint density at radius 1 is 1.17 bits per heavy atom. The topological polar surface area (TPSA) is 77.8 Å². The third kappa shape index (κ3) is 2.14. The summed E-state index contributed by atoms with van der Waals surface area (Å²) in [4.78, 5) is 4.50. The molecule has 0 aliphatic rings. The van der Waals surface area contributed by atoms with Crippen molar-refractivity contribution < 1.29 is 4.42 Å². The molecule has 6 heteroatoms. The summed E-state index contributed by atoms with van der Waals surface area (Å²) in [5, 5.41) is 10.0. The zero-order chi connectivity index (χ0) is 12.5. The number of rotatable bonds is 2. The van der Waals surface area contributed by atoms with Crippen LogP contribution in [0.5, 0.6) is 0 Å². The van der Waals surface area contributed by atoms with Gasteiger partial charge in [-0.1, -0.05) is 6.07 Å². The first-order valence-electron chi connectivity index (χ1n) is 5.35. The fourth-order valence-electron chi connectivity index (χ4n) is 1.59. The molecule has 0 aliphatic carbocycles. The molecule has 1 aromatic carbocycles. The van der Waals surface area contributed by atoms with Crippen molar-refractivity contribution in [2.75, 3.05) is 5.73 Å². The molecule has 0 radical (unpaired) electrons. The maximum atomic E-state index is 5.72. The zero-order valence-electron chi connectivity index (χ0n) is 9.62. The van der Waals surface area contributed by atoms with E-state index in [0.717, 1.165) is 21.6 Å². The Hall–Kier alpha value is -2.08. The maximum Gasteiger partial charge on any atom is 0.282 e. The molecule has 0 amide bonds. The summed E-state index contributed by atoms with van der Waals surface area (Å²) in [6, 6.07) is 9.51. The molecule has 18 heavy (non-hydrogen) atoms. The highest BCUT2D eigenvalue weighted by atomic mass is 32.2. The molecule has 5 nitrogen and oxygen atoms in total. The molecule has 0 bridgehead atoms. The quantitative estimate of drug-likeness (QED) is 0.712. The lowest BCUT2D eigenvalue weighted by molar-refractivity contribution is 0.429. The predicted molar refractivity (Wildman–Crippen MR) is 69.3 cm³/mol. The van der Waals surface area contributed by atoms with Crippen molar-refractivity contribution >= 4 is 28.4 Å². The van der Waals surface area contributed by atoms with Crippen LogP contribution in [0, 0.1) is 6.92 Å². The standard InChI is InChI=1S/C12H10N4OS/c1-7-15-16-12(17-7)18-11-5-2-8-6-9(13)3-4-10(8)14-11/h2-6H,13H2,1H3. The number of nitrogens with two attached hydrogens (primary N) is 1. The van der Waals surface area contributed by atoms with E-state index in [9.17, 15) is 0 Å². The molecule has 90 valence electrons. The monoisotopic (exact) mass is 258 g/mol. The molecular weight excluding hydrogens is 248 g/mol. The summed E-state index contributed by atoms with van der Waals surface area (Å²) >= 11 is 1.34. The number of aromatic nitrogens is 3. The molecule has 0 saturated heterocycles. The van der Waals surface area contributed by atoms with Crippen LogP contribution in [0.2, 0.25) is 0 Å². The van der Waals surface area contributed by atoms with Gasteiger partial charge in [-0.3, -0.25) is 0 Å². The molecule has 0 aliphatic heterocycles. The smallest absolute Gasteiger partial charge is 0.282 e. The number of fused-ring (bicyclic) bond motifs is 1. The molecule has 2 N–H and O–H groups in total. The van der Waals surface area contributed by atoms with Crippen LogP contribution in [0.3, 0.4) is 0 Å². The third-order valence-electron chi connectivity index (χ3n) is 2.39. The number of anilines is 1. The third-order valence-corrected chi connectivity index (χ3v) is 3.16. The Bertz CT molecular complexity index is 710. The van der Waals surface area contributed by atoms with Gasteiger partial charge in [0, 0.05) is 18.0 Å². The van der Waals surface area contributed by atoms with E-state index in [1.807, 2.05) is 30.3 Å². The Labute approximate surface area is 107 Å². The van der Waals surface area contributed by atoms with E-state index in [1.54, 1.807) is 6.92 Å². The van der Waals surface area contributed by atoms with Crippen molar-refractivity contribution in [1.82, 2.24) is 15.2 Å². The molecule has 3 rings (SSSR count). The lowest BCUT2D eigenvalue weighted by Crippen LogP contribution is -1.87. The van der Waals surface area contributed by atoms with E-state index in [2.05, 4.69) is 15.2 Å². The highest BCUT2D eigenvalue weighted by Gasteiger charge is 2.06. The van der Waals surface area contributed by atoms with Crippen LogP contribution in [-0.4, -0.2) is 15.2 Å². The lowest BCUT2D eigenvalue weighted by Gasteiger charge is -2.01. The van der Waals surface area contributed by atoms with Crippen LogP contribution >= 0.6 is 11.8 Å². The largest absolute Gasteiger partial charge is 0.416 e. The normalized spacial score (nSPS) is 10.9. The van der Waals surface area contributed by atoms with Crippen molar-refractivity contribution in [2.45, 2.75) is 17.2 Å². The number of benzene rings is 1. The first-order chi connectivity index (χ1) is 8.70. The summed E-state index contributed by atoms with van der Waals surface area (Å²) in [5.74, 6) is 0.547.